The third-order valence-electron chi connectivity index (χ3n) is 4.25. The smallest absolute Gasteiger partial charge is 0.323 e. The van der Waals surface area contributed by atoms with Crippen LogP contribution in [0.3, 0.4) is 0 Å². The molecule has 3 aromatic rings. The monoisotopic (exact) mass is 372 g/mol. The molecule has 0 amide bonds. The number of carboxylic acid groups (broad SMARTS) is 1. The Labute approximate surface area is 154 Å². The Morgan fingerprint density at radius 3 is 2.77 bits per heavy atom. The largest absolute Gasteiger partial charge is 0.496 e. The fraction of sp³-hybridized carbons (Fsp3) is 0.316. The highest BCUT2D eigenvalue weighted by Gasteiger charge is 2.18. The molecule has 136 valence electrons. The molecule has 0 saturated carbocycles. The first-order valence-corrected chi connectivity index (χ1v) is 9.22. The van der Waals surface area contributed by atoms with E-state index in [-0.39, 0.29) is 12.1 Å². The first-order chi connectivity index (χ1) is 12.5. The second-order valence-corrected chi connectivity index (χ2v) is 6.94. The number of hydrogen-bond donors (Lipinski definition) is 1. The summed E-state index contributed by atoms with van der Waals surface area (Å²) < 4.78 is 6.57. The average molecular weight is 372 g/mol. The molecule has 0 aliphatic carbocycles. The van der Waals surface area contributed by atoms with Crippen LogP contribution in [-0.2, 0) is 17.8 Å². The van der Waals surface area contributed by atoms with E-state index in [2.05, 4.69) is 4.98 Å². The number of aliphatic carboxylic acids is 1. The molecule has 1 N–H and O–H groups in total. The first-order valence-electron chi connectivity index (χ1n) is 8.34. The molecule has 0 spiro atoms. The summed E-state index contributed by atoms with van der Waals surface area (Å²) >= 11 is 1.40. The number of benzene rings is 1. The Balaban J connectivity index is 2.24. The average Bonchev–Trinajstić information content (AvgIpc) is 3.02. The Morgan fingerprint density at radius 1 is 1.38 bits per heavy atom. The molecule has 7 heteroatoms. The summed E-state index contributed by atoms with van der Waals surface area (Å²) in [6.45, 7) is 3.53. The molecular weight excluding hydrogens is 352 g/mol. The van der Waals surface area contributed by atoms with E-state index in [0.29, 0.717) is 22.5 Å². The summed E-state index contributed by atoms with van der Waals surface area (Å²) in [5.74, 6) is 0.245. The molecule has 1 aromatic carbocycles. The minimum absolute atomic E-state index is 0.300. The molecule has 26 heavy (non-hydrogen) atoms. The fourth-order valence-corrected chi connectivity index (χ4v) is 3.99. The maximum absolute atomic E-state index is 13.1. The lowest BCUT2D eigenvalue weighted by atomic mass is 10.0. The van der Waals surface area contributed by atoms with E-state index in [0.717, 1.165) is 28.9 Å². The third-order valence-corrected chi connectivity index (χ3v) is 5.12. The number of aryl methyl sites for hydroxylation is 2. The summed E-state index contributed by atoms with van der Waals surface area (Å²) in [5.41, 5.74) is 2.32. The number of thiophene rings is 1. The van der Waals surface area contributed by atoms with Crippen LogP contribution >= 0.6 is 11.3 Å². The van der Waals surface area contributed by atoms with Crippen molar-refractivity contribution in [1.82, 2.24) is 9.55 Å². The number of rotatable bonds is 6. The van der Waals surface area contributed by atoms with Crippen molar-refractivity contribution in [2.24, 2.45) is 0 Å². The summed E-state index contributed by atoms with van der Waals surface area (Å²) in [4.78, 5) is 29.5. The zero-order chi connectivity index (χ0) is 18.8. The molecule has 0 aliphatic rings. The number of methoxy groups -OCH3 is 1. The van der Waals surface area contributed by atoms with Crippen molar-refractivity contribution in [3.05, 3.63) is 45.3 Å². The quantitative estimate of drug-likeness (QED) is 0.716. The normalized spacial score (nSPS) is 11.0. The summed E-state index contributed by atoms with van der Waals surface area (Å²) in [5, 5.41) is 11.6. The SMILES string of the molecule is CCCc1nc2scc(-c3ccc(OC)c(C)c3)c2c(=O)n1CC(=O)O. The van der Waals surface area contributed by atoms with Crippen LogP contribution in [0.1, 0.15) is 24.7 Å². The van der Waals surface area contributed by atoms with Gasteiger partial charge in [-0.2, -0.15) is 0 Å². The van der Waals surface area contributed by atoms with Gasteiger partial charge in [-0.25, -0.2) is 4.98 Å². The van der Waals surface area contributed by atoms with Crippen molar-refractivity contribution in [2.75, 3.05) is 7.11 Å². The molecule has 0 fully saturated rings. The van der Waals surface area contributed by atoms with E-state index >= 15 is 0 Å². The van der Waals surface area contributed by atoms with Crippen LogP contribution in [0.25, 0.3) is 21.3 Å². The third kappa shape index (κ3) is 3.22. The molecule has 0 atom stereocenters. The van der Waals surface area contributed by atoms with Gasteiger partial charge in [0.1, 0.15) is 22.9 Å². The molecule has 2 heterocycles. The molecule has 2 aromatic heterocycles. The number of hydrogen-bond acceptors (Lipinski definition) is 5. The lowest BCUT2D eigenvalue weighted by Crippen LogP contribution is -2.28. The number of aromatic nitrogens is 2. The van der Waals surface area contributed by atoms with Gasteiger partial charge in [0.2, 0.25) is 0 Å². The predicted octanol–water partition coefficient (Wildman–Crippen LogP) is 3.48. The van der Waals surface area contributed by atoms with Crippen LogP contribution in [0.2, 0.25) is 0 Å². The Hall–Kier alpha value is -2.67. The van der Waals surface area contributed by atoms with E-state index in [9.17, 15) is 14.7 Å². The minimum atomic E-state index is -1.05. The molecule has 0 saturated heterocycles. The topological polar surface area (TPSA) is 81.4 Å². The van der Waals surface area contributed by atoms with Crippen molar-refractivity contribution in [3.8, 4) is 16.9 Å². The van der Waals surface area contributed by atoms with Gasteiger partial charge in [-0.15, -0.1) is 11.3 Å². The molecular formula is C19H20N2O4S. The van der Waals surface area contributed by atoms with Gasteiger partial charge in [0.15, 0.2) is 0 Å². The van der Waals surface area contributed by atoms with Crippen molar-refractivity contribution < 1.29 is 14.6 Å². The van der Waals surface area contributed by atoms with Crippen molar-refractivity contribution in [2.45, 2.75) is 33.2 Å². The van der Waals surface area contributed by atoms with Gasteiger partial charge >= 0.3 is 5.97 Å². The molecule has 0 aliphatic heterocycles. The summed E-state index contributed by atoms with van der Waals surface area (Å²) in [6.07, 6.45) is 1.35. The molecule has 3 rings (SSSR count). The number of carbonyl (C=O) groups is 1. The maximum Gasteiger partial charge on any atom is 0.323 e. The van der Waals surface area contributed by atoms with Gasteiger partial charge in [-0.1, -0.05) is 13.0 Å². The van der Waals surface area contributed by atoms with Crippen LogP contribution in [0.5, 0.6) is 5.75 Å². The Morgan fingerprint density at radius 2 is 2.15 bits per heavy atom. The van der Waals surface area contributed by atoms with Crippen LogP contribution in [-0.4, -0.2) is 27.7 Å². The van der Waals surface area contributed by atoms with Gasteiger partial charge in [0.05, 0.1) is 12.5 Å². The number of nitrogens with zero attached hydrogens (tertiary/aromatic N) is 2. The lowest BCUT2D eigenvalue weighted by molar-refractivity contribution is -0.137. The number of fused-ring (bicyclic) bond motifs is 1. The maximum atomic E-state index is 13.1. The van der Waals surface area contributed by atoms with Gasteiger partial charge in [-0.3, -0.25) is 14.2 Å². The number of carboxylic acids is 1. The highest BCUT2D eigenvalue weighted by atomic mass is 32.1. The highest BCUT2D eigenvalue weighted by molar-refractivity contribution is 7.17. The van der Waals surface area contributed by atoms with E-state index in [1.165, 1.54) is 15.9 Å². The van der Waals surface area contributed by atoms with E-state index < -0.39 is 5.97 Å². The predicted molar refractivity (Wildman–Crippen MR) is 102 cm³/mol. The van der Waals surface area contributed by atoms with E-state index in [1.54, 1.807) is 7.11 Å². The summed E-state index contributed by atoms with van der Waals surface area (Å²) in [6, 6.07) is 5.72. The minimum Gasteiger partial charge on any atom is -0.496 e. The second kappa shape index (κ2) is 7.29. The van der Waals surface area contributed by atoms with Gasteiger partial charge in [0, 0.05) is 17.4 Å². The Bertz CT molecular complexity index is 1040. The van der Waals surface area contributed by atoms with Crippen molar-refractivity contribution in [3.63, 3.8) is 0 Å². The fourth-order valence-electron chi connectivity index (χ4n) is 3.04. The molecule has 0 bridgehead atoms. The van der Waals surface area contributed by atoms with Crippen molar-refractivity contribution >= 4 is 27.5 Å². The van der Waals surface area contributed by atoms with E-state index in [4.69, 9.17) is 4.74 Å². The van der Waals surface area contributed by atoms with Crippen LogP contribution in [0.15, 0.2) is 28.4 Å². The van der Waals surface area contributed by atoms with Crippen LogP contribution < -0.4 is 10.3 Å². The van der Waals surface area contributed by atoms with Gasteiger partial charge < -0.3 is 9.84 Å². The van der Waals surface area contributed by atoms with Gasteiger partial charge in [0.25, 0.3) is 5.56 Å². The zero-order valence-electron chi connectivity index (χ0n) is 14.9. The molecule has 6 nitrogen and oxygen atoms in total. The van der Waals surface area contributed by atoms with Crippen molar-refractivity contribution in [1.29, 1.82) is 0 Å². The summed E-state index contributed by atoms with van der Waals surface area (Å²) in [7, 11) is 1.62. The second-order valence-electron chi connectivity index (χ2n) is 6.08. The standard InChI is InChI=1S/C19H20N2O4S/c1-4-5-15-20-18-17(19(24)21(15)9-16(22)23)13(10-26-18)12-6-7-14(25-3)11(2)8-12/h6-8,10H,4-5,9H2,1-3H3,(H,22,23). The first kappa shape index (κ1) is 18.1. The number of ether oxygens (including phenoxy) is 1. The Kier molecular flexibility index (Phi) is 5.08. The van der Waals surface area contributed by atoms with Gasteiger partial charge in [-0.05, 0) is 36.6 Å². The highest BCUT2D eigenvalue weighted by Crippen LogP contribution is 2.33. The zero-order valence-corrected chi connectivity index (χ0v) is 15.7. The van der Waals surface area contributed by atoms with Crippen LogP contribution in [0.4, 0.5) is 0 Å². The van der Waals surface area contributed by atoms with E-state index in [1.807, 2.05) is 37.4 Å². The molecule has 0 unspecified atom stereocenters. The lowest BCUT2D eigenvalue weighted by Gasteiger charge is -2.11. The molecule has 0 radical (unpaired) electrons. The van der Waals surface area contributed by atoms with Crippen LogP contribution in [0, 0.1) is 6.92 Å².